The van der Waals surface area contributed by atoms with Gasteiger partial charge in [0.25, 0.3) is 5.91 Å². The molecule has 0 bridgehead atoms. The van der Waals surface area contributed by atoms with E-state index in [4.69, 9.17) is 29.8 Å². The van der Waals surface area contributed by atoms with Crippen LogP contribution < -0.4 is 14.8 Å². The Morgan fingerprint density at radius 3 is 2.39 bits per heavy atom. The van der Waals surface area contributed by atoms with Crippen LogP contribution in [0.1, 0.15) is 40.3 Å². The number of ether oxygens (including phenoxy) is 3. The van der Waals surface area contributed by atoms with Crippen LogP contribution in [0, 0.1) is 0 Å². The lowest BCUT2D eigenvalue weighted by atomic mass is 9.81. The Balaban J connectivity index is 1.58. The lowest BCUT2D eigenvalue weighted by molar-refractivity contribution is -0.129. The van der Waals surface area contributed by atoms with E-state index in [1.165, 1.54) is 0 Å². The summed E-state index contributed by atoms with van der Waals surface area (Å²) in [5, 5.41) is 16.0. The monoisotopic (exact) mass is 683 g/mol. The maximum absolute atomic E-state index is 14.6. The number of aliphatic hydroxyl groups is 1. The molecular weight excluding hydrogens is 650 g/mol. The maximum atomic E-state index is 14.6. The van der Waals surface area contributed by atoms with Gasteiger partial charge in [-0.15, -0.1) is 0 Å². The molecular formula is C35H34BrN5O5. The maximum Gasteiger partial charge on any atom is 0.252 e. The SMILES string of the molecule is COc1ccc(CNC(=O)[C@]2(Cc3ccccc3CN=[N+]=[N-])N=C(c3ccc(OCCCO)cc3)O[C@@H]2c2ccc(Br)cc2)cc1. The molecule has 236 valence electrons. The Morgan fingerprint density at radius 2 is 1.72 bits per heavy atom. The van der Waals surface area contributed by atoms with E-state index in [2.05, 4.69) is 31.3 Å². The topological polar surface area (TPSA) is 138 Å². The summed E-state index contributed by atoms with van der Waals surface area (Å²) in [7, 11) is 1.61. The molecule has 0 unspecified atom stereocenters. The Hall–Kier alpha value is -4.83. The second kappa shape index (κ2) is 15.4. The molecule has 1 aliphatic heterocycles. The number of methoxy groups -OCH3 is 1. The van der Waals surface area contributed by atoms with Gasteiger partial charge < -0.3 is 24.6 Å². The first-order valence-corrected chi connectivity index (χ1v) is 15.6. The fourth-order valence-corrected chi connectivity index (χ4v) is 5.55. The van der Waals surface area contributed by atoms with Gasteiger partial charge in [0.15, 0.2) is 11.6 Å². The van der Waals surface area contributed by atoms with Gasteiger partial charge in [0.2, 0.25) is 5.90 Å². The molecule has 0 spiro atoms. The lowest BCUT2D eigenvalue weighted by Crippen LogP contribution is -2.49. The van der Waals surface area contributed by atoms with Crippen molar-refractivity contribution in [2.45, 2.75) is 37.6 Å². The summed E-state index contributed by atoms with van der Waals surface area (Å²) in [4.78, 5) is 22.6. The van der Waals surface area contributed by atoms with E-state index < -0.39 is 11.6 Å². The van der Waals surface area contributed by atoms with Crippen LogP contribution in [0.4, 0.5) is 0 Å². The quantitative estimate of drug-likeness (QED) is 0.0648. The molecule has 0 aromatic heterocycles. The molecule has 46 heavy (non-hydrogen) atoms. The molecule has 1 aliphatic rings. The summed E-state index contributed by atoms with van der Waals surface area (Å²) in [6, 6.07) is 30.0. The third kappa shape index (κ3) is 7.69. The highest BCUT2D eigenvalue weighted by Gasteiger charge is 2.53. The zero-order chi connectivity index (χ0) is 32.4. The van der Waals surface area contributed by atoms with Gasteiger partial charge in [-0.3, -0.25) is 4.79 Å². The minimum Gasteiger partial charge on any atom is -0.497 e. The Morgan fingerprint density at radius 1 is 1.02 bits per heavy atom. The third-order valence-electron chi connectivity index (χ3n) is 7.70. The zero-order valence-corrected chi connectivity index (χ0v) is 26.9. The van der Waals surface area contributed by atoms with Crippen molar-refractivity contribution in [1.82, 2.24) is 5.32 Å². The van der Waals surface area contributed by atoms with E-state index in [-0.39, 0.29) is 32.0 Å². The van der Waals surface area contributed by atoms with Crippen molar-refractivity contribution < 1.29 is 24.1 Å². The number of azide groups is 1. The molecule has 2 N–H and O–H groups in total. The molecule has 4 aromatic rings. The van der Waals surface area contributed by atoms with Crippen LogP contribution in [0.25, 0.3) is 10.4 Å². The standard InChI is InChI=1S/C35H34BrN5O5/c1-44-30-15-7-24(8-16-30)22-38-34(43)35(21-27-5-2-3-6-28(27)23-39-41-37)32(25-9-13-29(36)14-10-25)46-33(40-35)26-11-17-31(18-12-26)45-20-4-19-42/h2-3,5-18,32,42H,4,19-23H2,1H3,(H,38,43)/t32-,35-/m1/s1. The van der Waals surface area contributed by atoms with Crippen LogP contribution in [0.3, 0.4) is 0 Å². The zero-order valence-electron chi connectivity index (χ0n) is 25.3. The first-order valence-electron chi connectivity index (χ1n) is 14.8. The van der Waals surface area contributed by atoms with Crippen LogP contribution in [0.5, 0.6) is 11.5 Å². The molecule has 10 nitrogen and oxygen atoms in total. The number of aliphatic hydroxyl groups excluding tert-OH is 1. The highest BCUT2D eigenvalue weighted by atomic mass is 79.9. The first-order chi connectivity index (χ1) is 22.5. The summed E-state index contributed by atoms with van der Waals surface area (Å²) >= 11 is 3.51. The molecule has 0 fully saturated rings. The van der Waals surface area contributed by atoms with Gasteiger partial charge in [0.1, 0.15) is 11.5 Å². The summed E-state index contributed by atoms with van der Waals surface area (Å²) in [5.74, 6) is 1.38. The van der Waals surface area contributed by atoms with E-state index in [9.17, 15) is 4.79 Å². The number of carbonyl (C=O) groups excluding carboxylic acids is 1. The van der Waals surface area contributed by atoms with Crippen molar-refractivity contribution in [3.63, 3.8) is 0 Å². The number of nitrogens with one attached hydrogen (secondary N) is 1. The smallest absolute Gasteiger partial charge is 0.252 e. The van der Waals surface area contributed by atoms with Gasteiger partial charge in [-0.1, -0.05) is 69.6 Å². The van der Waals surface area contributed by atoms with Gasteiger partial charge in [-0.25, -0.2) is 4.99 Å². The van der Waals surface area contributed by atoms with Crippen LogP contribution in [-0.2, 0) is 29.0 Å². The number of nitrogens with zero attached hydrogens (tertiary/aromatic N) is 4. The number of amides is 1. The number of rotatable bonds is 14. The number of aliphatic imine (C=N–C) groups is 1. The largest absolute Gasteiger partial charge is 0.497 e. The predicted octanol–water partition coefficient (Wildman–Crippen LogP) is 6.85. The van der Waals surface area contributed by atoms with E-state index in [1.54, 1.807) is 7.11 Å². The fourth-order valence-electron chi connectivity index (χ4n) is 5.28. The Kier molecular flexibility index (Phi) is 10.9. The summed E-state index contributed by atoms with van der Waals surface area (Å²) in [6.07, 6.45) is -0.0631. The number of hydrogen-bond acceptors (Lipinski definition) is 7. The summed E-state index contributed by atoms with van der Waals surface area (Å²) < 4.78 is 18.5. The second-order valence-corrected chi connectivity index (χ2v) is 11.6. The van der Waals surface area contributed by atoms with Gasteiger partial charge in [-0.05, 0) is 76.3 Å². The molecule has 0 saturated heterocycles. The predicted molar refractivity (Wildman–Crippen MR) is 179 cm³/mol. The van der Waals surface area contributed by atoms with Gasteiger partial charge >= 0.3 is 0 Å². The van der Waals surface area contributed by atoms with Crippen molar-refractivity contribution in [1.29, 1.82) is 0 Å². The lowest BCUT2D eigenvalue weighted by Gasteiger charge is -2.31. The normalized spacial score (nSPS) is 16.9. The van der Waals surface area contributed by atoms with Crippen molar-refractivity contribution in [2.75, 3.05) is 20.3 Å². The first kappa shape index (κ1) is 32.6. The van der Waals surface area contributed by atoms with E-state index >= 15 is 0 Å². The second-order valence-electron chi connectivity index (χ2n) is 10.7. The van der Waals surface area contributed by atoms with Gasteiger partial charge in [0.05, 0.1) is 20.3 Å². The molecule has 0 aliphatic carbocycles. The molecule has 2 atom stereocenters. The number of halogens is 1. The summed E-state index contributed by atoms with van der Waals surface area (Å²) in [6.45, 7) is 0.845. The number of benzene rings is 4. The number of carbonyl (C=O) groups is 1. The van der Waals surface area contributed by atoms with Crippen LogP contribution >= 0.6 is 15.9 Å². The van der Waals surface area contributed by atoms with E-state index in [0.717, 1.165) is 32.5 Å². The minimum atomic E-state index is -1.42. The number of hydrogen-bond donors (Lipinski definition) is 2. The van der Waals surface area contributed by atoms with Crippen LogP contribution in [0.15, 0.2) is 112 Å². The molecule has 1 amide bonds. The average Bonchev–Trinajstić information content (AvgIpc) is 3.48. The average molecular weight is 685 g/mol. The molecule has 0 saturated carbocycles. The molecule has 5 rings (SSSR count). The minimum absolute atomic E-state index is 0.0504. The van der Waals surface area contributed by atoms with Crippen molar-refractivity contribution in [3.05, 3.63) is 140 Å². The van der Waals surface area contributed by atoms with E-state index in [1.807, 2.05) is 97.1 Å². The Labute approximate surface area is 275 Å². The van der Waals surface area contributed by atoms with Gasteiger partial charge in [0, 0.05) is 40.9 Å². The van der Waals surface area contributed by atoms with Crippen molar-refractivity contribution in [2.24, 2.45) is 10.1 Å². The van der Waals surface area contributed by atoms with Crippen molar-refractivity contribution in [3.8, 4) is 11.5 Å². The molecule has 1 heterocycles. The molecule has 4 aromatic carbocycles. The summed E-state index contributed by atoms with van der Waals surface area (Å²) in [5.41, 5.74) is 11.6. The van der Waals surface area contributed by atoms with Crippen LogP contribution in [0.2, 0.25) is 0 Å². The van der Waals surface area contributed by atoms with Crippen molar-refractivity contribution >= 4 is 27.7 Å². The highest BCUT2D eigenvalue weighted by Crippen LogP contribution is 2.43. The molecule has 11 heteroatoms. The third-order valence-corrected chi connectivity index (χ3v) is 8.23. The molecule has 0 radical (unpaired) electrons. The van der Waals surface area contributed by atoms with E-state index in [0.29, 0.717) is 30.2 Å². The Bertz CT molecular complexity index is 1710. The highest BCUT2D eigenvalue weighted by molar-refractivity contribution is 9.10. The van der Waals surface area contributed by atoms with Gasteiger partial charge in [-0.2, -0.15) is 0 Å². The fraction of sp³-hybridized carbons (Fsp3) is 0.257. The van der Waals surface area contributed by atoms with Crippen LogP contribution in [-0.4, -0.2) is 42.8 Å².